The lowest BCUT2D eigenvalue weighted by atomic mass is 10.0. The van der Waals surface area contributed by atoms with Gasteiger partial charge in [0, 0.05) is 6.54 Å². The minimum atomic E-state index is -1.79. The van der Waals surface area contributed by atoms with Gasteiger partial charge in [0.05, 0.1) is 0 Å². The van der Waals surface area contributed by atoms with E-state index >= 15 is 0 Å². The third-order valence-corrected chi connectivity index (χ3v) is 4.96. The zero-order valence-electron chi connectivity index (χ0n) is 18.3. The largest absolute Gasteiger partial charge is 0.364 e. The molecule has 0 aliphatic heterocycles. The van der Waals surface area contributed by atoms with Crippen molar-refractivity contribution in [2.24, 2.45) is 0 Å². The Morgan fingerprint density at radius 2 is 1.26 bits per heavy atom. The predicted octanol–water partition coefficient (Wildman–Crippen LogP) is 6.02. The molecule has 0 aromatic carbocycles. The Morgan fingerprint density at radius 3 is 1.74 bits per heavy atom. The zero-order chi connectivity index (χ0) is 20.2. The van der Waals surface area contributed by atoms with Crippen LogP contribution in [-0.4, -0.2) is 28.6 Å². The summed E-state index contributed by atoms with van der Waals surface area (Å²) in [5.74, 6) is -1.79. The van der Waals surface area contributed by atoms with Crippen LogP contribution in [0.15, 0.2) is 12.2 Å². The molecule has 0 rings (SSSR count). The van der Waals surface area contributed by atoms with Crippen LogP contribution in [0.1, 0.15) is 117 Å². The fourth-order valence-corrected chi connectivity index (χ4v) is 3.21. The second-order valence-electron chi connectivity index (χ2n) is 7.92. The normalized spacial score (nSPS) is 13.5. The molecule has 27 heavy (non-hydrogen) atoms. The highest BCUT2D eigenvalue weighted by Crippen LogP contribution is 2.17. The molecule has 3 N–H and O–H groups in total. The summed E-state index contributed by atoms with van der Waals surface area (Å²) in [5.41, 5.74) is 2.73. The van der Waals surface area contributed by atoms with Gasteiger partial charge in [-0.1, -0.05) is 90.2 Å². The van der Waals surface area contributed by atoms with Gasteiger partial charge in [0.15, 0.2) is 5.79 Å². The van der Waals surface area contributed by atoms with Crippen LogP contribution < -0.4 is 5.48 Å². The van der Waals surface area contributed by atoms with E-state index < -0.39 is 11.9 Å². The van der Waals surface area contributed by atoms with Gasteiger partial charge in [0.1, 0.15) is 6.10 Å². The highest BCUT2D eigenvalue weighted by atomic mass is 16.7. The van der Waals surface area contributed by atoms with Crippen LogP contribution in [-0.2, 0) is 4.84 Å². The van der Waals surface area contributed by atoms with E-state index in [1.54, 1.807) is 0 Å². The Kier molecular flexibility index (Phi) is 18.6. The summed E-state index contributed by atoms with van der Waals surface area (Å²) >= 11 is 0. The number of hydrogen-bond acceptors (Lipinski definition) is 4. The molecule has 0 aromatic rings. The molecule has 0 spiro atoms. The molecule has 4 nitrogen and oxygen atoms in total. The molecule has 1 unspecified atom stereocenters. The fraction of sp³-hybridized carbons (Fsp3) is 0.913. The van der Waals surface area contributed by atoms with Gasteiger partial charge >= 0.3 is 0 Å². The highest BCUT2D eigenvalue weighted by Gasteiger charge is 2.29. The second kappa shape index (κ2) is 18.9. The molecule has 0 fully saturated rings. The summed E-state index contributed by atoms with van der Waals surface area (Å²) in [6.45, 7) is 6.23. The van der Waals surface area contributed by atoms with E-state index in [4.69, 9.17) is 4.84 Å². The summed E-state index contributed by atoms with van der Waals surface area (Å²) < 4.78 is 0. The number of hydrogen-bond donors (Lipinski definition) is 3. The third kappa shape index (κ3) is 18.7. The molecular formula is C23H47NO3. The summed E-state index contributed by atoms with van der Waals surface area (Å²) in [4.78, 5) is 5.32. The molecule has 0 amide bonds. The molecule has 0 bridgehead atoms. The van der Waals surface area contributed by atoms with Gasteiger partial charge < -0.3 is 10.2 Å². The lowest BCUT2D eigenvalue weighted by molar-refractivity contribution is -0.243. The average Bonchev–Trinajstić information content (AvgIpc) is 2.62. The Hall–Kier alpha value is -0.420. The smallest absolute Gasteiger partial charge is 0.188 e. The van der Waals surface area contributed by atoms with E-state index in [1.165, 1.54) is 84.0 Å². The van der Waals surface area contributed by atoms with Crippen molar-refractivity contribution in [3.8, 4) is 0 Å². The minimum absolute atomic E-state index is 0.575. The van der Waals surface area contributed by atoms with Gasteiger partial charge in [-0.3, -0.25) is 4.84 Å². The van der Waals surface area contributed by atoms with E-state index in [0.29, 0.717) is 13.0 Å². The number of nitrogens with one attached hydrogen (secondary N) is 1. The first-order chi connectivity index (χ1) is 13.0. The number of hydroxylamine groups is 1. The van der Waals surface area contributed by atoms with Gasteiger partial charge in [-0.05, 0) is 39.0 Å². The monoisotopic (exact) mass is 385 g/mol. The minimum Gasteiger partial charge on any atom is -0.364 e. The van der Waals surface area contributed by atoms with Crippen molar-refractivity contribution >= 4 is 0 Å². The molecule has 0 saturated carbocycles. The first-order valence-corrected chi connectivity index (χ1v) is 11.5. The maximum Gasteiger partial charge on any atom is 0.188 e. The van der Waals surface area contributed by atoms with Gasteiger partial charge in [-0.25, -0.2) is 5.48 Å². The van der Waals surface area contributed by atoms with Crippen molar-refractivity contribution in [1.29, 1.82) is 0 Å². The summed E-state index contributed by atoms with van der Waals surface area (Å²) in [6, 6.07) is 0. The molecule has 0 aromatic heterocycles. The quantitative estimate of drug-likeness (QED) is 0.104. The maximum atomic E-state index is 9.71. The number of allylic oxidation sites excluding steroid dienone is 2. The summed E-state index contributed by atoms with van der Waals surface area (Å²) in [6.07, 6.45) is 22.7. The van der Waals surface area contributed by atoms with E-state index in [9.17, 15) is 10.2 Å². The highest BCUT2D eigenvalue weighted by molar-refractivity contribution is 4.81. The van der Waals surface area contributed by atoms with Crippen molar-refractivity contribution in [2.45, 2.75) is 129 Å². The predicted molar refractivity (Wildman–Crippen MR) is 115 cm³/mol. The lowest BCUT2D eigenvalue weighted by Gasteiger charge is -2.27. The molecule has 0 heterocycles. The molecule has 1 atom stereocenters. The topological polar surface area (TPSA) is 61.7 Å². The fourth-order valence-electron chi connectivity index (χ4n) is 3.21. The van der Waals surface area contributed by atoms with Crippen molar-refractivity contribution in [3.05, 3.63) is 12.2 Å². The molecule has 162 valence electrons. The molecule has 0 radical (unpaired) electrons. The standard InChI is InChI=1S/C23H47NO3/c1-4-6-7-8-9-10-11-12-13-14-15-16-17-18-19-20-21-22(23(3,25)26)27-24-5-2/h12-13,22,24-26H,4-11,14-21H2,1-3H3/b13-12-. The maximum absolute atomic E-state index is 9.71. The lowest BCUT2D eigenvalue weighted by Crippen LogP contribution is -2.43. The number of unbranched alkanes of at least 4 members (excludes halogenated alkanes) is 12. The van der Waals surface area contributed by atoms with E-state index in [0.717, 1.165) is 12.8 Å². The SMILES string of the molecule is CCCCCCCC/C=C\CCCCCCCCC(ONCC)C(C)(O)O. The van der Waals surface area contributed by atoms with Gasteiger partial charge in [-0.15, -0.1) is 0 Å². The molecule has 0 aliphatic rings. The van der Waals surface area contributed by atoms with E-state index in [1.807, 2.05) is 6.92 Å². The van der Waals surface area contributed by atoms with Crippen molar-refractivity contribution < 1.29 is 15.1 Å². The second-order valence-corrected chi connectivity index (χ2v) is 7.92. The van der Waals surface area contributed by atoms with Gasteiger partial charge in [0.2, 0.25) is 0 Å². The third-order valence-electron chi connectivity index (χ3n) is 4.96. The molecule has 0 aliphatic carbocycles. The van der Waals surface area contributed by atoms with Crippen LogP contribution in [0.5, 0.6) is 0 Å². The Balaban J connectivity index is 3.42. The first kappa shape index (κ1) is 26.6. The molecular weight excluding hydrogens is 338 g/mol. The van der Waals surface area contributed by atoms with Crippen molar-refractivity contribution in [1.82, 2.24) is 5.48 Å². The summed E-state index contributed by atoms with van der Waals surface area (Å²) in [5, 5.41) is 19.4. The van der Waals surface area contributed by atoms with Crippen molar-refractivity contribution in [3.63, 3.8) is 0 Å². The Morgan fingerprint density at radius 1 is 0.778 bits per heavy atom. The average molecular weight is 386 g/mol. The van der Waals surface area contributed by atoms with Crippen LogP contribution in [0.2, 0.25) is 0 Å². The van der Waals surface area contributed by atoms with Crippen LogP contribution in [0.3, 0.4) is 0 Å². The van der Waals surface area contributed by atoms with E-state index in [2.05, 4.69) is 24.6 Å². The summed E-state index contributed by atoms with van der Waals surface area (Å²) in [7, 11) is 0. The number of aliphatic hydroxyl groups is 2. The number of rotatable bonds is 20. The molecule has 4 heteroatoms. The van der Waals surface area contributed by atoms with Gasteiger partial charge in [-0.2, -0.15) is 0 Å². The van der Waals surface area contributed by atoms with Gasteiger partial charge in [0.25, 0.3) is 0 Å². The zero-order valence-corrected chi connectivity index (χ0v) is 18.3. The van der Waals surface area contributed by atoms with Crippen molar-refractivity contribution in [2.75, 3.05) is 6.54 Å². The van der Waals surface area contributed by atoms with Crippen LogP contribution in [0.25, 0.3) is 0 Å². The van der Waals surface area contributed by atoms with E-state index in [-0.39, 0.29) is 0 Å². The Labute approximate surface area is 168 Å². The Bertz CT molecular complexity index is 326. The van der Waals surface area contributed by atoms with Crippen LogP contribution >= 0.6 is 0 Å². The van der Waals surface area contributed by atoms with Crippen LogP contribution in [0.4, 0.5) is 0 Å². The first-order valence-electron chi connectivity index (χ1n) is 11.5. The molecule has 0 saturated heterocycles. The van der Waals surface area contributed by atoms with Crippen LogP contribution in [0, 0.1) is 0 Å².